The molecule has 0 aliphatic carbocycles. The van der Waals surface area contributed by atoms with Crippen molar-refractivity contribution in [2.45, 2.75) is 13.3 Å². The number of carbonyl (C=O) groups is 1. The summed E-state index contributed by atoms with van der Waals surface area (Å²) < 4.78 is 5.18. The lowest BCUT2D eigenvalue weighted by molar-refractivity contribution is -0.115. The van der Waals surface area contributed by atoms with Gasteiger partial charge in [-0.2, -0.15) is 5.10 Å². The molecule has 0 saturated carbocycles. The van der Waals surface area contributed by atoms with E-state index in [1.54, 1.807) is 31.4 Å². The van der Waals surface area contributed by atoms with Gasteiger partial charge in [0.25, 0.3) is 0 Å². The van der Waals surface area contributed by atoms with E-state index in [1.807, 2.05) is 31.2 Å². The maximum Gasteiger partial charge on any atom is 0.228 e. The van der Waals surface area contributed by atoms with Crippen LogP contribution in [0.4, 0.5) is 5.69 Å². The minimum absolute atomic E-state index is 0.124. The van der Waals surface area contributed by atoms with Crippen LogP contribution in [0.15, 0.2) is 48.5 Å². The van der Waals surface area contributed by atoms with Crippen molar-refractivity contribution in [2.75, 3.05) is 12.4 Å². The second-order valence-electron chi connectivity index (χ2n) is 5.64. The molecule has 25 heavy (non-hydrogen) atoms. The molecule has 0 bridgehead atoms. The van der Waals surface area contributed by atoms with Crippen LogP contribution in [0, 0.1) is 6.92 Å². The number of methoxy groups -OCH3 is 1. The van der Waals surface area contributed by atoms with E-state index in [0.717, 1.165) is 28.3 Å². The number of carbonyl (C=O) groups excluding carboxylic acids is 1. The maximum absolute atomic E-state index is 12.4. The fourth-order valence-electron chi connectivity index (χ4n) is 2.59. The fraction of sp³-hybridized carbons (Fsp3) is 0.158. The summed E-state index contributed by atoms with van der Waals surface area (Å²) in [4.78, 5) is 12.4. The summed E-state index contributed by atoms with van der Waals surface area (Å²) in [6.07, 6.45) is 0.218. The monoisotopic (exact) mass is 355 g/mol. The molecule has 0 saturated heterocycles. The molecule has 1 heterocycles. The van der Waals surface area contributed by atoms with Gasteiger partial charge in [0.1, 0.15) is 5.75 Å². The van der Waals surface area contributed by atoms with Crippen molar-refractivity contribution in [2.24, 2.45) is 0 Å². The van der Waals surface area contributed by atoms with Crippen LogP contribution in [-0.2, 0) is 11.2 Å². The Kier molecular flexibility index (Phi) is 5.05. The van der Waals surface area contributed by atoms with Gasteiger partial charge < -0.3 is 10.1 Å². The highest BCUT2D eigenvalue weighted by Gasteiger charge is 2.16. The van der Waals surface area contributed by atoms with Crippen LogP contribution in [0.1, 0.15) is 11.3 Å². The lowest BCUT2D eigenvalue weighted by atomic mass is 10.0. The number of nitrogens with zero attached hydrogens (tertiary/aromatic N) is 1. The number of hydrogen-bond donors (Lipinski definition) is 2. The molecule has 128 valence electrons. The quantitative estimate of drug-likeness (QED) is 0.719. The van der Waals surface area contributed by atoms with E-state index in [2.05, 4.69) is 15.5 Å². The van der Waals surface area contributed by atoms with Crippen molar-refractivity contribution in [1.29, 1.82) is 0 Å². The van der Waals surface area contributed by atoms with Gasteiger partial charge in [0.15, 0.2) is 0 Å². The van der Waals surface area contributed by atoms with Crippen molar-refractivity contribution in [3.63, 3.8) is 0 Å². The molecule has 0 aliphatic rings. The van der Waals surface area contributed by atoms with Gasteiger partial charge in [-0.15, -0.1) is 0 Å². The summed E-state index contributed by atoms with van der Waals surface area (Å²) in [7, 11) is 1.62. The molecule has 0 spiro atoms. The summed E-state index contributed by atoms with van der Waals surface area (Å²) in [6, 6.07) is 14.7. The van der Waals surface area contributed by atoms with Crippen LogP contribution >= 0.6 is 11.6 Å². The normalized spacial score (nSPS) is 10.5. The average molecular weight is 356 g/mol. The first kappa shape index (κ1) is 17.0. The van der Waals surface area contributed by atoms with Crippen LogP contribution in [0.5, 0.6) is 5.75 Å². The Hall–Kier alpha value is -2.79. The van der Waals surface area contributed by atoms with Gasteiger partial charge in [-0.1, -0.05) is 17.7 Å². The molecule has 0 atom stereocenters. The first-order valence-corrected chi connectivity index (χ1v) is 8.18. The number of rotatable bonds is 5. The number of nitrogens with one attached hydrogen (secondary N) is 2. The fourth-order valence-corrected chi connectivity index (χ4v) is 2.78. The molecular weight excluding hydrogens is 338 g/mol. The van der Waals surface area contributed by atoms with Gasteiger partial charge in [0.05, 0.1) is 19.2 Å². The maximum atomic E-state index is 12.4. The number of amides is 1. The number of benzene rings is 2. The SMILES string of the molecule is COc1ccc(-c2n[nH]c(C)c2CC(=O)Nc2cccc(Cl)c2)cc1. The van der Waals surface area contributed by atoms with Gasteiger partial charge in [-0.25, -0.2) is 0 Å². The molecule has 0 fully saturated rings. The number of anilines is 1. The minimum Gasteiger partial charge on any atom is -0.497 e. The smallest absolute Gasteiger partial charge is 0.228 e. The predicted molar refractivity (Wildman–Crippen MR) is 99.1 cm³/mol. The van der Waals surface area contributed by atoms with E-state index in [4.69, 9.17) is 16.3 Å². The van der Waals surface area contributed by atoms with Crippen molar-refractivity contribution in [3.05, 3.63) is 64.8 Å². The largest absolute Gasteiger partial charge is 0.497 e. The number of aromatic amines is 1. The van der Waals surface area contributed by atoms with E-state index in [-0.39, 0.29) is 12.3 Å². The predicted octanol–water partition coefficient (Wildman–Crippen LogP) is 4.23. The number of aromatic nitrogens is 2. The lowest BCUT2D eigenvalue weighted by Crippen LogP contribution is -2.15. The third kappa shape index (κ3) is 4.00. The molecule has 2 N–H and O–H groups in total. The summed E-state index contributed by atoms with van der Waals surface area (Å²) >= 11 is 5.95. The second-order valence-corrected chi connectivity index (χ2v) is 6.08. The van der Waals surface area contributed by atoms with Gasteiger partial charge in [0, 0.05) is 27.5 Å². The van der Waals surface area contributed by atoms with Crippen LogP contribution < -0.4 is 10.1 Å². The van der Waals surface area contributed by atoms with Crippen molar-refractivity contribution < 1.29 is 9.53 Å². The summed E-state index contributed by atoms with van der Waals surface area (Å²) in [5.41, 5.74) is 4.10. The first-order valence-electron chi connectivity index (χ1n) is 7.80. The molecule has 1 amide bonds. The Balaban J connectivity index is 1.80. The third-order valence-electron chi connectivity index (χ3n) is 3.88. The molecule has 2 aromatic carbocycles. The molecule has 0 aliphatic heterocycles. The molecule has 0 radical (unpaired) electrons. The van der Waals surface area contributed by atoms with E-state index in [0.29, 0.717) is 10.7 Å². The van der Waals surface area contributed by atoms with Crippen LogP contribution in [0.3, 0.4) is 0 Å². The van der Waals surface area contributed by atoms with Crippen molar-refractivity contribution in [3.8, 4) is 17.0 Å². The molecule has 3 rings (SSSR count). The van der Waals surface area contributed by atoms with E-state index >= 15 is 0 Å². The first-order chi connectivity index (χ1) is 12.1. The third-order valence-corrected chi connectivity index (χ3v) is 4.12. The van der Waals surface area contributed by atoms with Crippen molar-refractivity contribution >= 4 is 23.2 Å². The Labute approximate surface area is 151 Å². The molecular formula is C19H18ClN3O2. The van der Waals surface area contributed by atoms with Gasteiger partial charge >= 0.3 is 0 Å². The molecule has 6 heteroatoms. The molecule has 3 aromatic rings. The van der Waals surface area contributed by atoms with Crippen LogP contribution in [0.2, 0.25) is 5.02 Å². The van der Waals surface area contributed by atoms with Crippen LogP contribution in [0.25, 0.3) is 11.3 Å². The van der Waals surface area contributed by atoms with E-state index in [1.165, 1.54) is 0 Å². The van der Waals surface area contributed by atoms with Crippen LogP contribution in [-0.4, -0.2) is 23.2 Å². The zero-order valence-electron chi connectivity index (χ0n) is 14.0. The molecule has 1 aromatic heterocycles. The molecule has 5 nitrogen and oxygen atoms in total. The summed E-state index contributed by atoms with van der Waals surface area (Å²) in [5.74, 6) is 0.651. The second kappa shape index (κ2) is 7.40. The Bertz CT molecular complexity index is 888. The van der Waals surface area contributed by atoms with Crippen molar-refractivity contribution in [1.82, 2.24) is 10.2 Å². The highest BCUT2D eigenvalue weighted by molar-refractivity contribution is 6.30. The summed E-state index contributed by atoms with van der Waals surface area (Å²) in [6.45, 7) is 1.90. The van der Waals surface area contributed by atoms with E-state index in [9.17, 15) is 4.79 Å². The number of halogens is 1. The van der Waals surface area contributed by atoms with Gasteiger partial charge in [0.2, 0.25) is 5.91 Å². The zero-order valence-corrected chi connectivity index (χ0v) is 14.7. The zero-order chi connectivity index (χ0) is 17.8. The lowest BCUT2D eigenvalue weighted by Gasteiger charge is -2.07. The Morgan fingerprint density at radius 3 is 2.68 bits per heavy atom. The highest BCUT2D eigenvalue weighted by Crippen LogP contribution is 2.26. The van der Waals surface area contributed by atoms with Gasteiger partial charge in [-0.3, -0.25) is 9.89 Å². The van der Waals surface area contributed by atoms with E-state index < -0.39 is 0 Å². The Morgan fingerprint density at radius 1 is 1.24 bits per heavy atom. The topological polar surface area (TPSA) is 67.0 Å². The highest BCUT2D eigenvalue weighted by atomic mass is 35.5. The Morgan fingerprint density at radius 2 is 2.00 bits per heavy atom. The molecule has 0 unspecified atom stereocenters. The summed E-state index contributed by atoms with van der Waals surface area (Å²) in [5, 5.41) is 10.7. The minimum atomic E-state index is -0.124. The average Bonchev–Trinajstić information content (AvgIpc) is 2.95. The number of aryl methyl sites for hydroxylation is 1. The number of H-pyrrole nitrogens is 1. The number of ether oxygens (including phenoxy) is 1. The number of hydrogen-bond acceptors (Lipinski definition) is 3. The van der Waals surface area contributed by atoms with Gasteiger partial charge in [-0.05, 0) is 49.4 Å². The standard InChI is InChI=1S/C19H18ClN3O2/c1-12-17(11-18(24)21-15-5-3-4-14(20)10-15)19(23-22-12)13-6-8-16(25-2)9-7-13/h3-10H,11H2,1-2H3,(H,21,24)(H,22,23).